The van der Waals surface area contributed by atoms with Gasteiger partial charge in [-0.15, -0.1) is 0 Å². The van der Waals surface area contributed by atoms with E-state index in [2.05, 4.69) is 4.74 Å². The van der Waals surface area contributed by atoms with E-state index >= 15 is 0 Å². The average molecular weight is 199 g/mol. The van der Waals surface area contributed by atoms with Gasteiger partial charge in [0.2, 0.25) is 0 Å². The molecule has 0 heterocycles. The van der Waals surface area contributed by atoms with Crippen LogP contribution in [0.4, 0.5) is 8.78 Å². The molecule has 0 aliphatic heterocycles. The van der Waals surface area contributed by atoms with E-state index in [1.165, 1.54) is 6.07 Å². The van der Waals surface area contributed by atoms with Crippen LogP contribution < -0.4 is 10.5 Å². The van der Waals surface area contributed by atoms with E-state index in [0.717, 1.165) is 24.0 Å². The Morgan fingerprint density at radius 3 is 2.93 bits per heavy atom. The number of aryl methyl sites for hydroxylation is 1. The number of alkyl halides is 2. The lowest BCUT2D eigenvalue weighted by Gasteiger charge is -2.12. The highest BCUT2D eigenvalue weighted by molar-refractivity contribution is 5.45. The third kappa shape index (κ3) is 1.57. The molecule has 1 atom stereocenters. The average Bonchev–Trinajstić information content (AvgIpc) is 2.48. The van der Waals surface area contributed by atoms with Crippen molar-refractivity contribution in [2.75, 3.05) is 0 Å². The van der Waals surface area contributed by atoms with Crippen LogP contribution in [0.15, 0.2) is 18.2 Å². The summed E-state index contributed by atoms with van der Waals surface area (Å²) in [5, 5.41) is 0. The van der Waals surface area contributed by atoms with Gasteiger partial charge >= 0.3 is 6.61 Å². The molecule has 1 aromatic carbocycles. The SMILES string of the molecule is N[C@@H]1CCc2cccc(OC(F)F)c21. The maximum absolute atomic E-state index is 12.1. The first-order valence-corrected chi connectivity index (χ1v) is 4.50. The topological polar surface area (TPSA) is 35.2 Å². The Balaban J connectivity index is 2.36. The van der Waals surface area contributed by atoms with Crippen molar-refractivity contribution >= 4 is 0 Å². The highest BCUT2D eigenvalue weighted by Crippen LogP contribution is 2.36. The zero-order chi connectivity index (χ0) is 10.1. The number of fused-ring (bicyclic) bond motifs is 1. The van der Waals surface area contributed by atoms with Gasteiger partial charge in [-0.1, -0.05) is 12.1 Å². The van der Waals surface area contributed by atoms with E-state index < -0.39 is 6.61 Å². The minimum atomic E-state index is -2.78. The lowest BCUT2D eigenvalue weighted by atomic mass is 10.1. The van der Waals surface area contributed by atoms with Gasteiger partial charge in [-0.2, -0.15) is 8.78 Å². The molecular formula is C10H11F2NO. The molecule has 0 radical (unpaired) electrons. The molecule has 0 spiro atoms. The third-order valence-electron chi connectivity index (χ3n) is 2.47. The Hall–Kier alpha value is -1.16. The molecule has 2 rings (SSSR count). The summed E-state index contributed by atoms with van der Waals surface area (Å²) < 4.78 is 28.5. The van der Waals surface area contributed by atoms with Gasteiger partial charge in [-0.3, -0.25) is 0 Å². The summed E-state index contributed by atoms with van der Waals surface area (Å²) in [6.45, 7) is -2.78. The molecule has 0 fully saturated rings. The van der Waals surface area contributed by atoms with Crippen molar-refractivity contribution < 1.29 is 13.5 Å². The van der Waals surface area contributed by atoms with Gasteiger partial charge in [0.25, 0.3) is 0 Å². The lowest BCUT2D eigenvalue weighted by molar-refractivity contribution is -0.0505. The first-order valence-electron chi connectivity index (χ1n) is 4.50. The summed E-state index contributed by atoms with van der Waals surface area (Å²) in [4.78, 5) is 0. The van der Waals surface area contributed by atoms with E-state index in [4.69, 9.17) is 5.73 Å². The van der Waals surface area contributed by atoms with Crippen LogP contribution in [0, 0.1) is 0 Å². The minimum absolute atomic E-state index is 0.167. The molecule has 2 N–H and O–H groups in total. The van der Waals surface area contributed by atoms with E-state index in [1.54, 1.807) is 6.07 Å². The summed E-state index contributed by atoms with van der Waals surface area (Å²) >= 11 is 0. The number of rotatable bonds is 2. The van der Waals surface area contributed by atoms with Crippen molar-refractivity contribution in [1.29, 1.82) is 0 Å². The molecule has 2 nitrogen and oxygen atoms in total. The van der Waals surface area contributed by atoms with E-state index in [-0.39, 0.29) is 11.8 Å². The standard InChI is InChI=1S/C10H11F2NO/c11-10(12)14-8-3-1-2-6-4-5-7(13)9(6)8/h1-3,7,10H,4-5,13H2/t7-/m1/s1. The Bertz CT molecular complexity index is 341. The van der Waals surface area contributed by atoms with Gasteiger partial charge in [0.15, 0.2) is 0 Å². The van der Waals surface area contributed by atoms with Crippen LogP contribution in [-0.4, -0.2) is 6.61 Å². The molecular weight excluding hydrogens is 188 g/mol. The monoisotopic (exact) mass is 199 g/mol. The van der Waals surface area contributed by atoms with E-state index in [9.17, 15) is 8.78 Å². The highest BCUT2D eigenvalue weighted by atomic mass is 19.3. The molecule has 1 aromatic rings. The maximum atomic E-state index is 12.1. The van der Waals surface area contributed by atoms with Crippen LogP contribution in [-0.2, 0) is 6.42 Å². The number of nitrogens with two attached hydrogens (primary N) is 1. The van der Waals surface area contributed by atoms with Crippen LogP contribution in [0.1, 0.15) is 23.6 Å². The molecule has 1 aliphatic carbocycles. The highest BCUT2D eigenvalue weighted by Gasteiger charge is 2.24. The predicted molar refractivity (Wildman–Crippen MR) is 48.3 cm³/mol. The Morgan fingerprint density at radius 1 is 1.43 bits per heavy atom. The summed E-state index contributed by atoms with van der Waals surface area (Å²) in [5.41, 5.74) is 7.57. The van der Waals surface area contributed by atoms with E-state index in [0.29, 0.717) is 0 Å². The number of hydrogen-bond acceptors (Lipinski definition) is 2. The largest absolute Gasteiger partial charge is 0.434 e. The summed E-state index contributed by atoms with van der Waals surface area (Å²) in [7, 11) is 0. The van der Waals surface area contributed by atoms with Crippen molar-refractivity contribution in [3.05, 3.63) is 29.3 Å². The zero-order valence-corrected chi connectivity index (χ0v) is 7.54. The van der Waals surface area contributed by atoms with Crippen molar-refractivity contribution in [1.82, 2.24) is 0 Å². The number of ether oxygens (including phenoxy) is 1. The first kappa shape index (κ1) is 9.40. The van der Waals surface area contributed by atoms with Gasteiger partial charge in [-0.25, -0.2) is 0 Å². The summed E-state index contributed by atoms with van der Waals surface area (Å²) in [5.74, 6) is 0.225. The fourth-order valence-electron chi connectivity index (χ4n) is 1.88. The van der Waals surface area contributed by atoms with Crippen LogP contribution in [0.5, 0.6) is 5.75 Å². The summed E-state index contributed by atoms with van der Waals surface area (Å²) in [6.07, 6.45) is 1.65. The fraction of sp³-hybridized carbons (Fsp3) is 0.400. The molecule has 0 amide bonds. The van der Waals surface area contributed by atoms with Gasteiger partial charge in [0.1, 0.15) is 5.75 Å². The molecule has 4 heteroatoms. The Labute approximate surface area is 80.7 Å². The maximum Gasteiger partial charge on any atom is 0.387 e. The molecule has 0 unspecified atom stereocenters. The molecule has 0 bridgehead atoms. The molecule has 76 valence electrons. The molecule has 1 aliphatic rings. The Morgan fingerprint density at radius 2 is 2.21 bits per heavy atom. The van der Waals surface area contributed by atoms with Crippen molar-refractivity contribution in [3.63, 3.8) is 0 Å². The van der Waals surface area contributed by atoms with Crippen molar-refractivity contribution in [2.45, 2.75) is 25.5 Å². The van der Waals surface area contributed by atoms with Gasteiger partial charge in [-0.05, 0) is 24.5 Å². The quantitative estimate of drug-likeness (QED) is 0.792. The number of halogens is 2. The summed E-state index contributed by atoms with van der Waals surface area (Å²) in [6, 6.07) is 4.99. The number of benzene rings is 1. The second-order valence-corrected chi connectivity index (χ2v) is 3.35. The fourth-order valence-corrected chi connectivity index (χ4v) is 1.88. The lowest BCUT2D eigenvalue weighted by Crippen LogP contribution is -2.10. The van der Waals surface area contributed by atoms with Gasteiger partial charge < -0.3 is 10.5 Å². The minimum Gasteiger partial charge on any atom is -0.434 e. The predicted octanol–water partition coefficient (Wildman–Crippen LogP) is 2.23. The smallest absolute Gasteiger partial charge is 0.387 e. The van der Waals surface area contributed by atoms with Crippen LogP contribution in [0.25, 0.3) is 0 Å². The van der Waals surface area contributed by atoms with Crippen LogP contribution in [0.3, 0.4) is 0 Å². The Kier molecular flexibility index (Phi) is 2.37. The molecule has 0 saturated heterocycles. The van der Waals surface area contributed by atoms with Crippen molar-refractivity contribution in [2.24, 2.45) is 5.73 Å². The van der Waals surface area contributed by atoms with Crippen LogP contribution in [0.2, 0.25) is 0 Å². The number of hydrogen-bond donors (Lipinski definition) is 1. The second-order valence-electron chi connectivity index (χ2n) is 3.35. The van der Waals surface area contributed by atoms with Crippen molar-refractivity contribution in [3.8, 4) is 5.75 Å². The zero-order valence-electron chi connectivity index (χ0n) is 7.54. The molecule has 0 saturated carbocycles. The second kappa shape index (κ2) is 3.53. The molecule has 0 aromatic heterocycles. The molecule has 14 heavy (non-hydrogen) atoms. The van der Waals surface area contributed by atoms with Gasteiger partial charge in [0.05, 0.1) is 0 Å². The first-order chi connectivity index (χ1) is 6.68. The van der Waals surface area contributed by atoms with Crippen LogP contribution >= 0.6 is 0 Å². The van der Waals surface area contributed by atoms with E-state index in [1.807, 2.05) is 6.07 Å². The van der Waals surface area contributed by atoms with Gasteiger partial charge in [0, 0.05) is 11.6 Å². The normalized spacial score (nSPS) is 19.9. The third-order valence-corrected chi connectivity index (χ3v) is 2.47.